The number of methoxy groups -OCH3 is 2. The fourth-order valence-electron chi connectivity index (χ4n) is 4.66. The number of hydrogen-bond donors (Lipinski definition) is 1. The molecule has 0 bridgehead atoms. The van der Waals surface area contributed by atoms with Crippen molar-refractivity contribution in [2.24, 2.45) is 0 Å². The first-order chi connectivity index (χ1) is 20.9. The molecule has 1 unspecified atom stereocenters. The molecule has 43 heavy (non-hydrogen) atoms. The number of hydrogen-bond acceptors (Lipinski definition) is 10. The highest BCUT2D eigenvalue weighted by Crippen LogP contribution is 2.45. The SMILES string of the molecule is COc1ccc(C=O)cc1.COc1ccc(CC2=C(c3ccc4nsnc4c3)C(=O)OC2(O)c2ccc(SC)cc2)cc1. The Morgan fingerprint density at radius 2 is 1.51 bits per heavy atom. The van der Waals surface area contributed by atoms with Gasteiger partial charge in [0.25, 0.3) is 5.79 Å². The molecule has 0 fully saturated rings. The van der Waals surface area contributed by atoms with Crippen molar-refractivity contribution in [2.75, 3.05) is 20.5 Å². The summed E-state index contributed by atoms with van der Waals surface area (Å²) >= 11 is 2.72. The monoisotopic (exact) mass is 612 g/mol. The van der Waals surface area contributed by atoms with Crippen LogP contribution in [0.15, 0.2) is 101 Å². The van der Waals surface area contributed by atoms with E-state index in [1.807, 2.05) is 60.9 Å². The van der Waals surface area contributed by atoms with Gasteiger partial charge in [-0.15, -0.1) is 11.8 Å². The standard InChI is InChI=1S/C25H20N2O4S2.C8H8O2/c1-30-18-8-3-15(4-9-18)13-20-23(16-5-12-21-22(14-16)27-33-26-21)24(28)31-25(20,29)17-6-10-19(32-2)11-7-17;1-10-8-4-2-7(6-9)3-5-8/h3-12,14,29H,13H2,1-2H3;2-6H,1H3. The highest BCUT2D eigenvalue weighted by atomic mass is 32.2. The molecular weight excluding hydrogens is 585 g/mol. The van der Waals surface area contributed by atoms with Crippen molar-refractivity contribution in [1.82, 2.24) is 8.75 Å². The maximum Gasteiger partial charge on any atom is 0.342 e. The van der Waals surface area contributed by atoms with Crippen LogP contribution in [-0.4, -0.2) is 46.6 Å². The highest BCUT2D eigenvalue weighted by Gasteiger charge is 2.48. The van der Waals surface area contributed by atoms with E-state index >= 15 is 0 Å². The fraction of sp³-hybridized carbons (Fsp3) is 0.152. The first kappa shape index (κ1) is 30.0. The molecule has 1 aliphatic rings. The summed E-state index contributed by atoms with van der Waals surface area (Å²) in [7, 11) is 3.20. The molecule has 8 nitrogen and oxygen atoms in total. The molecule has 0 saturated heterocycles. The van der Waals surface area contributed by atoms with Gasteiger partial charge in [0.2, 0.25) is 0 Å². The molecule has 0 spiro atoms. The summed E-state index contributed by atoms with van der Waals surface area (Å²) in [5, 5.41) is 11.8. The first-order valence-electron chi connectivity index (χ1n) is 13.2. The molecule has 1 atom stereocenters. The van der Waals surface area contributed by atoms with Crippen LogP contribution >= 0.6 is 23.5 Å². The zero-order chi connectivity index (χ0) is 30.4. The number of aromatic nitrogens is 2. The summed E-state index contributed by atoms with van der Waals surface area (Å²) in [6.45, 7) is 0. The number of fused-ring (bicyclic) bond motifs is 1. The first-order valence-corrected chi connectivity index (χ1v) is 15.1. The maximum absolute atomic E-state index is 13.2. The number of cyclic esters (lactones) is 1. The quantitative estimate of drug-likeness (QED) is 0.122. The molecule has 0 aliphatic carbocycles. The summed E-state index contributed by atoms with van der Waals surface area (Å²) in [6.07, 6.45) is 3.11. The van der Waals surface area contributed by atoms with Crippen LogP contribution in [0.4, 0.5) is 0 Å². The van der Waals surface area contributed by atoms with Crippen molar-refractivity contribution >= 4 is 52.4 Å². The van der Waals surface area contributed by atoms with E-state index in [2.05, 4.69) is 8.75 Å². The topological polar surface area (TPSA) is 108 Å². The van der Waals surface area contributed by atoms with E-state index in [1.165, 1.54) is 0 Å². The lowest BCUT2D eigenvalue weighted by atomic mass is 9.88. The van der Waals surface area contributed by atoms with Gasteiger partial charge >= 0.3 is 5.97 Å². The van der Waals surface area contributed by atoms with E-state index in [1.54, 1.807) is 62.4 Å². The van der Waals surface area contributed by atoms with Gasteiger partial charge in [0.15, 0.2) is 0 Å². The van der Waals surface area contributed by atoms with E-state index in [0.717, 1.165) is 45.5 Å². The normalized spacial score (nSPS) is 16.0. The Hall–Kier alpha value is -4.51. The Kier molecular flexibility index (Phi) is 9.20. The maximum atomic E-state index is 13.2. The number of ether oxygens (including phenoxy) is 3. The number of esters is 1. The Labute approximate surface area is 257 Å². The van der Waals surface area contributed by atoms with E-state index in [9.17, 15) is 14.7 Å². The summed E-state index contributed by atoms with van der Waals surface area (Å²) < 4.78 is 24.4. The minimum Gasteiger partial charge on any atom is -0.497 e. The van der Waals surface area contributed by atoms with Gasteiger partial charge in [-0.3, -0.25) is 4.79 Å². The molecule has 10 heteroatoms. The lowest BCUT2D eigenvalue weighted by Crippen LogP contribution is -2.29. The Morgan fingerprint density at radius 3 is 2.12 bits per heavy atom. The number of nitrogens with zero attached hydrogens (tertiary/aromatic N) is 2. The van der Waals surface area contributed by atoms with Crippen molar-refractivity contribution in [3.05, 3.63) is 119 Å². The van der Waals surface area contributed by atoms with Crippen molar-refractivity contribution in [2.45, 2.75) is 17.1 Å². The smallest absolute Gasteiger partial charge is 0.342 e. The van der Waals surface area contributed by atoms with Crippen LogP contribution < -0.4 is 9.47 Å². The lowest BCUT2D eigenvalue weighted by molar-refractivity contribution is -0.185. The molecule has 2 heterocycles. The van der Waals surface area contributed by atoms with Gasteiger partial charge in [0.1, 0.15) is 28.8 Å². The van der Waals surface area contributed by atoms with Crippen molar-refractivity contribution in [1.29, 1.82) is 0 Å². The van der Waals surface area contributed by atoms with Gasteiger partial charge in [-0.05, 0) is 78.0 Å². The number of aldehydes is 1. The number of rotatable bonds is 8. The molecule has 218 valence electrons. The average molecular weight is 613 g/mol. The van der Waals surface area contributed by atoms with Gasteiger partial charge in [-0.2, -0.15) is 8.75 Å². The van der Waals surface area contributed by atoms with Crippen LogP contribution in [0.25, 0.3) is 16.6 Å². The minimum atomic E-state index is -1.88. The van der Waals surface area contributed by atoms with Gasteiger partial charge in [0.05, 0.1) is 31.5 Å². The summed E-state index contributed by atoms with van der Waals surface area (Å²) in [5.74, 6) is -0.947. The second-order valence-corrected chi connectivity index (χ2v) is 10.9. The Morgan fingerprint density at radius 1 is 0.884 bits per heavy atom. The van der Waals surface area contributed by atoms with E-state index in [-0.39, 0.29) is 0 Å². The van der Waals surface area contributed by atoms with Crippen molar-refractivity contribution in [3.8, 4) is 11.5 Å². The van der Waals surface area contributed by atoms with Crippen LogP contribution in [-0.2, 0) is 21.7 Å². The van der Waals surface area contributed by atoms with Crippen LogP contribution in [0.5, 0.6) is 11.5 Å². The largest absolute Gasteiger partial charge is 0.497 e. The Bertz CT molecular complexity index is 1770. The van der Waals surface area contributed by atoms with Crippen LogP contribution in [0.2, 0.25) is 0 Å². The van der Waals surface area contributed by atoms with E-state index in [4.69, 9.17) is 14.2 Å². The van der Waals surface area contributed by atoms with E-state index in [0.29, 0.717) is 39.8 Å². The van der Waals surface area contributed by atoms with Crippen LogP contribution in [0.1, 0.15) is 27.0 Å². The lowest BCUT2D eigenvalue weighted by Gasteiger charge is -2.26. The number of aliphatic hydroxyl groups is 1. The fourth-order valence-corrected chi connectivity index (χ4v) is 5.58. The summed E-state index contributed by atoms with van der Waals surface area (Å²) in [6, 6.07) is 27.3. The average Bonchev–Trinajstić information content (AvgIpc) is 3.63. The molecule has 0 radical (unpaired) electrons. The third-order valence-corrected chi connectivity index (χ3v) is 8.27. The minimum absolute atomic E-state index is 0.319. The zero-order valence-corrected chi connectivity index (χ0v) is 25.3. The van der Waals surface area contributed by atoms with Gasteiger partial charge in [-0.25, -0.2) is 4.79 Å². The summed E-state index contributed by atoms with van der Waals surface area (Å²) in [4.78, 5) is 24.4. The molecule has 1 N–H and O–H groups in total. The molecule has 6 rings (SSSR count). The van der Waals surface area contributed by atoms with Crippen LogP contribution in [0, 0.1) is 0 Å². The van der Waals surface area contributed by atoms with Crippen molar-refractivity contribution in [3.63, 3.8) is 0 Å². The Balaban J connectivity index is 0.000000314. The third-order valence-electron chi connectivity index (χ3n) is 6.97. The zero-order valence-electron chi connectivity index (χ0n) is 23.6. The number of benzene rings is 4. The highest BCUT2D eigenvalue weighted by molar-refractivity contribution is 7.98. The van der Waals surface area contributed by atoms with Crippen molar-refractivity contribution < 1.29 is 28.9 Å². The van der Waals surface area contributed by atoms with E-state index < -0.39 is 11.8 Å². The second-order valence-electron chi connectivity index (χ2n) is 9.50. The molecular formula is C33H28N2O6S2. The third kappa shape index (κ3) is 6.46. The molecule has 4 aromatic carbocycles. The number of thioether (sulfide) groups is 1. The summed E-state index contributed by atoms with van der Waals surface area (Å²) in [5.41, 5.74) is 5.01. The molecule has 0 amide bonds. The van der Waals surface area contributed by atoms with Gasteiger partial charge in [-0.1, -0.05) is 30.3 Å². The molecule has 1 aromatic heterocycles. The molecule has 1 aliphatic heterocycles. The van der Waals surface area contributed by atoms with Crippen LogP contribution in [0.3, 0.4) is 0 Å². The number of carbonyl (C=O) groups excluding carboxylic acids is 2. The van der Waals surface area contributed by atoms with Gasteiger partial charge < -0.3 is 19.3 Å². The molecule has 0 saturated carbocycles. The second kappa shape index (κ2) is 13.2. The van der Waals surface area contributed by atoms with Gasteiger partial charge in [0, 0.05) is 28.0 Å². The number of carbonyl (C=O) groups is 2. The molecule has 5 aromatic rings. The predicted octanol–water partition coefficient (Wildman–Crippen LogP) is 6.33. The predicted molar refractivity (Wildman–Crippen MR) is 168 cm³/mol.